The molecule has 0 aromatic carbocycles. The van der Waals surface area contributed by atoms with E-state index in [-0.39, 0.29) is 11.5 Å². The van der Waals surface area contributed by atoms with E-state index in [2.05, 4.69) is 33.8 Å². The molecule has 51 heavy (non-hydrogen) atoms. The molecule has 290 valence electrons. The minimum atomic E-state index is -1.61. The SMILES string of the molecule is C[C@H]1CC[C@@]2(OC1)OC1CC3C4CC=C5C[C@@H](O)C[C@@H](O[C@@H]6O[C@H](C)[C@H](O)[C@H](O)[C@H]6O[C@@H]6O[C@@H](C)[C@H](O)[C@@H](O)[C@H]6O)[C@]5(C)C4CCC3(C)C1[C@@H]2C. The van der Waals surface area contributed by atoms with Crippen LogP contribution in [0.5, 0.6) is 0 Å². The lowest BCUT2D eigenvalue weighted by molar-refractivity contribution is -0.371. The second-order valence-corrected chi connectivity index (χ2v) is 18.3. The molecule has 0 aromatic heterocycles. The minimum absolute atomic E-state index is 0.130. The lowest BCUT2D eigenvalue weighted by Gasteiger charge is -2.60. The number of fused-ring (bicyclic) bond motifs is 7. The van der Waals surface area contributed by atoms with E-state index in [0.717, 1.165) is 45.1 Å². The van der Waals surface area contributed by atoms with Gasteiger partial charge in [-0.25, -0.2) is 0 Å². The molecular formula is C39H62O12. The zero-order valence-electron chi connectivity index (χ0n) is 31.0. The summed E-state index contributed by atoms with van der Waals surface area (Å²) in [4.78, 5) is 0. The number of rotatable bonds is 4. The van der Waals surface area contributed by atoms with E-state index in [1.165, 1.54) is 5.57 Å². The van der Waals surface area contributed by atoms with E-state index in [1.807, 2.05) is 0 Å². The summed E-state index contributed by atoms with van der Waals surface area (Å²) in [6, 6.07) is 0. The van der Waals surface area contributed by atoms with Crippen LogP contribution in [0.4, 0.5) is 0 Å². The maximum absolute atomic E-state index is 11.3. The Balaban J connectivity index is 1.05. The highest BCUT2D eigenvalue weighted by molar-refractivity contribution is 5.29. The van der Waals surface area contributed by atoms with Crippen molar-refractivity contribution < 1.29 is 59.1 Å². The van der Waals surface area contributed by atoms with Crippen LogP contribution in [0.25, 0.3) is 0 Å². The van der Waals surface area contributed by atoms with Gasteiger partial charge in [0.1, 0.15) is 36.6 Å². The largest absolute Gasteiger partial charge is 0.393 e. The summed E-state index contributed by atoms with van der Waals surface area (Å²) in [6.45, 7) is 13.4. The van der Waals surface area contributed by atoms with Crippen LogP contribution in [-0.4, -0.2) is 123 Å². The maximum Gasteiger partial charge on any atom is 0.187 e. The maximum atomic E-state index is 11.3. The molecular weight excluding hydrogens is 660 g/mol. The molecule has 22 atom stereocenters. The molecule has 12 nitrogen and oxygen atoms in total. The first-order valence-electron chi connectivity index (χ1n) is 19.8. The number of ether oxygens (including phenoxy) is 6. The highest BCUT2D eigenvalue weighted by Crippen LogP contribution is 2.71. The Morgan fingerprint density at radius 2 is 1.47 bits per heavy atom. The first-order valence-corrected chi connectivity index (χ1v) is 19.8. The number of hydrogen-bond acceptors (Lipinski definition) is 12. The van der Waals surface area contributed by atoms with Gasteiger partial charge in [0.15, 0.2) is 18.4 Å². The van der Waals surface area contributed by atoms with Crippen molar-refractivity contribution in [3.8, 4) is 0 Å². The Morgan fingerprint density at radius 3 is 2.18 bits per heavy atom. The predicted molar refractivity (Wildman–Crippen MR) is 182 cm³/mol. The standard InChI is InChI=1S/C39H62O12/c1-17-9-12-39(46-16-17)18(2)28-26(51-39)15-25-23-8-7-21-13-22(40)14-27(38(21,6)24(23)10-11-37(25,28)5)49-36-34(32(44)30(42)20(4)48-36)50-35-33(45)31(43)29(41)19(3)47-35/h7,17-20,22-36,40-45H,8-16H2,1-6H3/t17-,18-,19-,20+,22+,23?,24?,25?,26?,27+,28?,29-,30-,31+,32-,33+,34+,35-,36-,37?,38-,39+/m0/s1. The van der Waals surface area contributed by atoms with Gasteiger partial charge in [0.25, 0.3) is 0 Å². The Hall–Kier alpha value is -0.740. The second-order valence-electron chi connectivity index (χ2n) is 18.3. The summed E-state index contributed by atoms with van der Waals surface area (Å²) >= 11 is 0. The topological polar surface area (TPSA) is 177 Å². The van der Waals surface area contributed by atoms with Gasteiger partial charge in [-0.15, -0.1) is 0 Å². The van der Waals surface area contributed by atoms with Gasteiger partial charge >= 0.3 is 0 Å². The van der Waals surface area contributed by atoms with Gasteiger partial charge in [0, 0.05) is 24.2 Å². The van der Waals surface area contributed by atoms with Crippen molar-refractivity contribution in [2.24, 2.45) is 46.3 Å². The zero-order valence-corrected chi connectivity index (χ0v) is 31.0. The van der Waals surface area contributed by atoms with Gasteiger partial charge in [0.05, 0.1) is 37.1 Å². The lowest BCUT2D eigenvalue weighted by atomic mass is 9.46. The van der Waals surface area contributed by atoms with Gasteiger partial charge in [-0.3, -0.25) is 0 Å². The van der Waals surface area contributed by atoms with Crippen LogP contribution >= 0.6 is 0 Å². The predicted octanol–water partition coefficient (Wildman–Crippen LogP) is 2.39. The molecule has 4 saturated heterocycles. The lowest BCUT2D eigenvalue weighted by Crippen LogP contribution is -2.64. The molecule has 4 aliphatic carbocycles. The molecule has 8 rings (SSSR count). The summed E-state index contributed by atoms with van der Waals surface area (Å²) in [5.41, 5.74) is 0.900. The molecule has 7 fully saturated rings. The van der Waals surface area contributed by atoms with Crippen LogP contribution in [0, 0.1) is 46.3 Å². The van der Waals surface area contributed by atoms with Crippen molar-refractivity contribution in [1.82, 2.24) is 0 Å². The molecule has 0 bridgehead atoms. The molecule has 0 radical (unpaired) electrons. The van der Waals surface area contributed by atoms with Gasteiger partial charge < -0.3 is 59.1 Å². The summed E-state index contributed by atoms with van der Waals surface area (Å²) in [7, 11) is 0. The van der Waals surface area contributed by atoms with Crippen LogP contribution in [0.2, 0.25) is 0 Å². The van der Waals surface area contributed by atoms with Crippen molar-refractivity contribution in [2.75, 3.05) is 6.61 Å². The van der Waals surface area contributed by atoms with Crippen LogP contribution < -0.4 is 0 Å². The second kappa shape index (κ2) is 13.2. The van der Waals surface area contributed by atoms with E-state index in [0.29, 0.717) is 48.3 Å². The molecule has 6 unspecified atom stereocenters. The highest BCUT2D eigenvalue weighted by atomic mass is 16.8. The van der Waals surface area contributed by atoms with Gasteiger partial charge in [-0.2, -0.15) is 0 Å². The van der Waals surface area contributed by atoms with Crippen LogP contribution in [0.3, 0.4) is 0 Å². The highest BCUT2D eigenvalue weighted by Gasteiger charge is 2.69. The zero-order chi connectivity index (χ0) is 36.4. The Morgan fingerprint density at radius 1 is 0.765 bits per heavy atom. The number of aliphatic hydroxyl groups excluding tert-OH is 6. The van der Waals surface area contributed by atoms with Gasteiger partial charge in [0.2, 0.25) is 0 Å². The fraction of sp³-hybridized carbons (Fsp3) is 0.949. The van der Waals surface area contributed by atoms with E-state index in [9.17, 15) is 30.6 Å². The third-order valence-electron chi connectivity index (χ3n) is 15.6. The van der Waals surface area contributed by atoms with E-state index in [4.69, 9.17) is 28.4 Å². The third kappa shape index (κ3) is 5.67. The normalized spacial score (nSPS) is 59.8. The van der Waals surface area contributed by atoms with Crippen LogP contribution in [0.1, 0.15) is 92.9 Å². The smallest absolute Gasteiger partial charge is 0.187 e. The molecule has 4 aliphatic heterocycles. The molecule has 3 saturated carbocycles. The first-order chi connectivity index (χ1) is 24.1. The van der Waals surface area contributed by atoms with E-state index in [1.54, 1.807) is 13.8 Å². The number of aliphatic hydroxyl groups is 6. The molecule has 8 aliphatic rings. The molecule has 0 aromatic rings. The van der Waals surface area contributed by atoms with Crippen LogP contribution in [0.15, 0.2) is 11.6 Å². The van der Waals surface area contributed by atoms with Crippen molar-refractivity contribution in [3.63, 3.8) is 0 Å². The van der Waals surface area contributed by atoms with Crippen molar-refractivity contribution in [1.29, 1.82) is 0 Å². The van der Waals surface area contributed by atoms with E-state index >= 15 is 0 Å². The molecule has 1 spiro atoms. The molecule has 4 heterocycles. The summed E-state index contributed by atoms with van der Waals surface area (Å²) in [5.74, 6) is 2.06. The average Bonchev–Trinajstić information content (AvgIpc) is 3.54. The monoisotopic (exact) mass is 722 g/mol. The Labute approximate surface area is 301 Å². The average molecular weight is 723 g/mol. The third-order valence-corrected chi connectivity index (χ3v) is 15.6. The fourth-order valence-electron chi connectivity index (χ4n) is 12.6. The molecule has 12 heteroatoms. The van der Waals surface area contributed by atoms with Crippen molar-refractivity contribution in [3.05, 3.63) is 11.6 Å². The quantitative estimate of drug-likeness (QED) is 0.234. The van der Waals surface area contributed by atoms with Gasteiger partial charge in [-0.05, 0) is 87.4 Å². The number of allylic oxidation sites excluding steroid dienone is 1. The first kappa shape index (κ1) is 37.2. The Bertz CT molecular complexity index is 1320. The summed E-state index contributed by atoms with van der Waals surface area (Å²) < 4.78 is 38.4. The minimum Gasteiger partial charge on any atom is -0.393 e. The summed E-state index contributed by atoms with van der Waals surface area (Å²) in [5, 5.41) is 64.8. The van der Waals surface area contributed by atoms with Crippen molar-refractivity contribution in [2.45, 2.75) is 178 Å². The molecule has 0 amide bonds. The van der Waals surface area contributed by atoms with Crippen LogP contribution in [-0.2, 0) is 28.4 Å². The fourth-order valence-corrected chi connectivity index (χ4v) is 12.6. The molecule has 6 N–H and O–H groups in total. The van der Waals surface area contributed by atoms with Gasteiger partial charge in [-0.1, -0.05) is 39.3 Å². The number of hydrogen-bond donors (Lipinski definition) is 6. The Kier molecular flexibility index (Phi) is 9.62. The van der Waals surface area contributed by atoms with E-state index < -0.39 is 84.8 Å². The summed E-state index contributed by atoms with van der Waals surface area (Å²) in [6.07, 6.45) is -4.22. The van der Waals surface area contributed by atoms with Crippen molar-refractivity contribution >= 4 is 0 Å².